The van der Waals surface area contributed by atoms with E-state index in [1.807, 2.05) is 0 Å². The largest absolute Gasteiger partial charge is 0.478 e. The molecule has 0 atom stereocenters. The molecular formula is C9H8FN3O. The van der Waals surface area contributed by atoms with Gasteiger partial charge in [-0.25, -0.2) is 14.4 Å². The summed E-state index contributed by atoms with van der Waals surface area (Å²) in [7, 11) is 1.44. The van der Waals surface area contributed by atoms with Gasteiger partial charge in [-0.05, 0) is 12.1 Å². The van der Waals surface area contributed by atoms with E-state index in [1.54, 1.807) is 12.1 Å². The average molecular weight is 193 g/mol. The third-order valence-electron chi connectivity index (χ3n) is 1.83. The quantitative estimate of drug-likeness (QED) is 0.742. The van der Waals surface area contributed by atoms with Crippen molar-refractivity contribution < 1.29 is 9.13 Å². The Balaban J connectivity index is 2.79. The minimum absolute atomic E-state index is 0.0881. The van der Waals surface area contributed by atoms with Gasteiger partial charge in [0.05, 0.1) is 12.6 Å². The normalized spacial score (nSPS) is 10.4. The Kier molecular flexibility index (Phi) is 1.92. The van der Waals surface area contributed by atoms with Gasteiger partial charge in [-0.15, -0.1) is 0 Å². The number of hydrogen-bond donors (Lipinski definition) is 1. The number of aromatic nitrogens is 2. The van der Waals surface area contributed by atoms with Crippen LogP contribution in [0.2, 0.25) is 0 Å². The van der Waals surface area contributed by atoms with Crippen molar-refractivity contribution in [1.29, 1.82) is 0 Å². The number of hydrogen-bond acceptors (Lipinski definition) is 4. The number of anilines is 1. The zero-order valence-electron chi connectivity index (χ0n) is 7.49. The van der Waals surface area contributed by atoms with Crippen molar-refractivity contribution in [2.24, 2.45) is 0 Å². The van der Waals surface area contributed by atoms with Crippen LogP contribution in [0.15, 0.2) is 18.2 Å². The van der Waals surface area contributed by atoms with Gasteiger partial charge in [-0.1, -0.05) is 6.07 Å². The highest BCUT2D eigenvalue weighted by Crippen LogP contribution is 2.21. The summed E-state index contributed by atoms with van der Waals surface area (Å²) in [5, 5.41) is 0. The topological polar surface area (TPSA) is 61.0 Å². The first-order valence-corrected chi connectivity index (χ1v) is 3.98. The van der Waals surface area contributed by atoms with Crippen molar-refractivity contribution in [3.8, 4) is 5.88 Å². The minimum atomic E-state index is -0.440. The van der Waals surface area contributed by atoms with Crippen LogP contribution in [0.1, 0.15) is 0 Å². The smallest absolute Gasteiger partial charge is 0.257 e. The molecule has 5 heteroatoms. The second-order valence-corrected chi connectivity index (χ2v) is 2.73. The third-order valence-corrected chi connectivity index (χ3v) is 1.83. The SMILES string of the molecule is COc1nc2cccc(F)c2nc1N. The molecule has 0 aliphatic rings. The van der Waals surface area contributed by atoms with Gasteiger partial charge in [-0.3, -0.25) is 0 Å². The number of para-hydroxylation sites is 1. The maximum atomic E-state index is 13.2. The van der Waals surface area contributed by atoms with Gasteiger partial charge in [0, 0.05) is 0 Å². The molecule has 14 heavy (non-hydrogen) atoms. The number of nitrogens with zero attached hydrogens (tertiary/aromatic N) is 2. The van der Waals surface area contributed by atoms with E-state index in [0.29, 0.717) is 5.52 Å². The first-order chi connectivity index (χ1) is 6.72. The van der Waals surface area contributed by atoms with Gasteiger partial charge in [0.2, 0.25) is 0 Å². The molecule has 0 spiro atoms. The zero-order valence-corrected chi connectivity index (χ0v) is 7.49. The molecule has 0 amide bonds. The highest BCUT2D eigenvalue weighted by Gasteiger charge is 2.08. The molecule has 0 unspecified atom stereocenters. The second-order valence-electron chi connectivity index (χ2n) is 2.73. The molecule has 0 saturated heterocycles. The van der Waals surface area contributed by atoms with Crippen molar-refractivity contribution in [2.75, 3.05) is 12.8 Å². The van der Waals surface area contributed by atoms with E-state index in [4.69, 9.17) is 10.5 Å². The molecule has 1 aromatic carbocycles. The predicted octanol–water partition coefficient (Wildman–Crippen LogP) is 1.36. The number of benzene rings is 1. The van der Waals surface area contributed by atoms with Crippen LogP contribution in [0.25, 0.3) is 11.0 Å². The van der Waals surface area contributed by atoms with Crippen molar-refractivity contribution in [3.05, 3.63) is 24.0 Å². The lowest BCUT2D eigenvalue weighted by Crippen LogP contribution is -2.00. The van der Waals surface area contributed by atoms with Gasteiger partial charge in [-0.2, -0.15) is 0 Å². The number of nitrogen functional groups attached to an aromatic ring is 1. The Hall–Kier alpha value is -1.91. The summed E-state index contributed by atoms with van der Waals surface area (Å²) in [4.78, 5) is 7.87. The van der Waals surface area contributed by atoms with Gasteiger partial charge in [0.25, 0.3) is 5.88 Å². The van der Waals surface area contributed by atoms with E-state index in [0.717, 1.165) is 0 Å². The van der Waals surface area contributed by atoms with Crippen molar-refractivity contribution in [2.45, 2.75) is 0 Å². The fourth-order valence-corrected chi connectivity index (χ4v) is 1.19. The molecule has 0 aliphatic carbocycles. The van der Waals surface area contributed by atoms with Crippen LogP contribution in [-0.4, -0.2) is 17.1 Å². The van der Waals surface area contributed by atoms with Crippen LogP contribution in [-0.2, 0) is 0 Å². The molecule has 0 saturated carbocycles. The highest BCUT2D eigenvalue weighted by molar-refractivity contribution is 5.77. The molecule has 2 rings (SSSR count). The number of ether oxygens (including phenoxy) is 1. The molecule has 1 heterocycles. The van der Waals surface area contributed by atoms with Crippen LogP contribution >= 0.6 is 0 Å². The molecule has 4 nitrogen and oxygen atoms in total. The fraction of sp³-hybridized carbons (Fsp3) is 0.111. The predicted molar refractivity (Wildman–Crippen MR) is 50.5 cm³/mol. The molecular weight excluding hydrogens is 185 g/mol. The molecule has 0 fully saturated rings. The monoisotopic (exact) mass is 193 g/mol. The Morgan fingerprint density at radius 2 is 2.14 bits per heavy atom. The van der Waals surface area contributed by atoms with E-state index < -0.39 is 5.82 Å². The summed E-state index contributed by atoms with van der Waals surface area (Å²) in [5.74, 6) is -0.141. The first-order valence-electron chi connectivity index (χ1n) is 3.98. The first kappa shape index (κ1) is 8.68. The van der Waals surface area contributed by atoms with Crippen LogP contribution in [0.5, 0.6) is 5.88 Å². The minimum Gasteiger partial charge on any atom is -0.478 e. The highest BCUT2D eigenvalue weighted by atomic mass is 19.1. The molecule has 72 valence electrons. The maximum Gasteiger partial charge on any atom is 0.257 e. The van der Waals surface area contributed by atoms with Gasteiger partial charge in [0.15, 0.2) is 11.6 Å². The second kappa shape index (κ2) is 3.10. The van der Waals surface area contributed by atoms with E-state index >= 15 is 0 Å². The lowest BCUT2D eigenvalue weighted by molar-refractivity contribution is 0.400. The average Bonchev–Trinajstić information content (AvgIpc) is 2.19. The van der Waals surface area contributed by atoms with E-state index in [2.05, 4.69) is 9.97 Å². The van der Waals surface area contributed by atoms with E-state index in [-0.39, 0.29) is 17.2 Å². The zero-order chi connectivity index (χ0) is 10.1. The third kappa shape index (κ3) is 1.22. The lowest BCUT2D eigenvalue weighted by Gasteiger charge is -2.04. The van der Waals surface area contributed by atoms with Crippen LogP contribution < -0.4 is 10.5 Å². The van der Waals surface area contributed by atoms with Crippen molar-refractivity contribution in [3.63, 3.8) is 0 Å². The summed E-state index contributed by atoms with van der Waals surface area (Å²) in [5.41, 5.74) is 6.09. The Morgan fingerprint density at radius 1 is 1.36 bits per heavy atom. The summed E-state index contributed by atoms with van der Waals surface area (Å²) in [6.07, 6.45) is 0. The summed E-state index contributed by atoms with van der Waals surface area (Å²) in [6.45, 7) is 0. The molecule has 0 bridgehead atoms. The molecule has 0 aliphatic heterocycles. The summed E-state index contributed by atoms with van der Waals surface area (Å²) in [6, 6.07) is 4.51. The van der Waals surface area contributed by atoms with Crippen LogP contribution in [0, 0.1) is 5.82 Å². The molecule has 0 radical (unpaired) electrons. The Labute approximate surface area is 79.5 Å². The standard InChI is InChI=1S/C9H8FN3O/c1-14-9-8(11)13-7-5(10)3-2-4-6(7)12-9/h2-4H,1H3,(H2,11,13). The fourth-order valence-electron chi connectivity index (χ4n) is 1.19. The maximum absolute atomic E-state index is 13.2. The number of rotatable bonds is 1. The van der Waals surface area contributed by atoms with Gasteiger partial charge < -0.3 is 10.5 Å². The summed E-state index contributed by atoms with van der Waals surface area (Å²) < 4.78 is 18.1. The Bertz CT molecular complexity index is 487. The molecule has 2 N–H and O–H groups in total. The Morgan fingerprint density at radius 3 is 2.86 bits per heavy atom. The van der Waals surface area contributed by atoms with Gasteiger partial charge >= 0.3 is 0 Å². The van der Waals surface area contributed by atoms with E-state index in [1.165, 1.54) is 13.2 Å². The number of fused-ring (bicyclic) bond motifs is 1. The van der Waals surface area contributed by atoms with Crippen molar-refractivity contribution >= 4 is 16.9 Å². The summed E-state index contributed by atoms with van der Waals surface area (Å²) >= 11 is 0. The number of halogens is 1. The number of nitrogens with two attached hydrogens (primary N) is 1. The molecule has 1 aromatic heterocycles. The van der Waals surface area contributed by atoms with E-state index in [9.17, 15) is 4.39 Å². The molecule has 2 aromatic rings. The van der Waals surface area contributed by atoms with Crippen LogP contribution in [0.3, 0.4) is 0 Å². The number of methoxy groups -OCH3 is 1. The van der Waals surface area contributed by atoms with Gasteiger partial charge in [0.1, 0.15) is 5.52 Å². The lowest BCUT2D eigenvalue weighted by atomic mass is 10.3. The van der Waals surface area contributed by atoms with Crippen LogP contribution in [0.4, 0.5) is 10.2 Å². The van der Waals surface area contributed by atoms with Crippen molar-refractivity contribution in [1.82, 2.24) is 9.97 Å².